The van der Waals surface area contributed by atoms with Gasteiger partial charge in [-0.25, -0.2) is 0 Å². The second-order valence-corrected chi connectivity index (χ2v) is 8.05. The summed E-state index contributed by atoms with van der Waals surface area (Å²) in [4.78, 5) is 23.4. The summed E-state index contributed by atoms with van der Waals surface area (Å²) in [6.45, 7) is 6.37. The minimum absolute atomic E-state index is 0.0505. The lowest BCUT2D eigenvalue weighted by molar-refractivity contribution is -0.141. The van der Waals surface area contributed by atoms with Crippen LogP contribution in [0.5, 0.6) is 0 Å². The SMILES string of the molecule is Cc1c(CSC(C)C)cccc1NC(=O)[C@@H]1CC[C@H](C(=O)O)C1. The number of benzene rings is 1. The maximum Gasteiger partial charge on any atom is 0.306 e. The van der Waals surface area contributed by atoms with Crippen molar-refractivity contribution in [2.75, 3.05) is 5.32 Å². The molecular weight excluding hydrogens is 310 g/mol. The van der Waals surface area contributed by atoms with Gasteiger partial charge in [0.1, 0.15) is 0 Å². The second kappa shape index (κ2) is 7.86. The third-order valence-corrected chi connectivity index (χ3v) is 5.57. The molecule has 1 aromatic carbocycles. The van der Waals surface area contributed by atoms with Crippen molar-refractivity contribution in [2.24, 2.45) is 11.8 Å². The van der Waals surface area contributed by atoms with Crippen LogP contribution < -0.4 is 5.32 Å². The van der Waals surface area contributed by atoms with Crippen LogP contribution in [0.25, 0.3) is 0 Å². The quantitative estimate of drug-likeness (QED) is 0.822. The van der Waals surface area contributed by atoms with Crippen LogP contribution in [0.3, 0.4) is 0 Å². The summed E-state index contributed by atoms with van der Waals surface area (Å²) < 4.78 is 0. The summed E-state index contributed by atoms with van der Waals surface area (Å²) in [6.07, 6.45) is 1.70. The first-order valence-corrected chi connectivity index (χ1v) is 9.17. The number of hydrogen-bond acceptors (Lipinski definition) is 3. The number of carboxylic acid groups (broad SMARTS) is 1. The first-order chi connectivity index (χ1) is 10.9. The third-order valence-electron chi connectivity index (χ3n) is 4.43. The number of carbonyl (C=O) groups excluding carboxylic acids is 1. The van der Waals surface area contributed by atoms with Gasteiger partial charge in [-0.3, -0.25) is 9.59 Å². The first kappa shape index (κ1) is 17.9. The molecule has 0 radical (unpaired) electrons. The van der Waals surface area contributed by atoms with Crippen molar-refractivity contribution in [1.82, 2.24) is 0 Å². The molecule has 0 spiro atoms. The number of amides is 1. The van der Waals surface area contributed by atoms with Crippen molar-refractivity contribution in [1.29, 1.82) is 0 Å². The third kappa shape index (κ3) is 4.74. The fraction of sp³-hybridized carbons (Fsp3) is 0.556. The van der Waals surface area contributed by atoms with Crippen LogP contribution in [0.4, 0.5) is 5.69 Å². The molecule has 1 amide bonds. The van der Waals surface area contributed by atoms with Gasteiger partial charge in [0.2, 0.25) is 5.91 Å². The summed E-state index contributed by atoms with van der Waals surface area (Å²) in [5.74, 6) is -0.475. The zero-order chi connectivity index (χ0) is 17.0. The average molecular weight is 335 g/mol. The van der Waals surface area contributed by atoms with Crippen molar-refractivity contribution in [2.45, 2.75) is 51.0 Å². The van der Waals surface area contributed by atoms with Gasteiger partial charge in [-0.2, -0.15) is 11.8 Å². The minimum atomic E-state index is -0.788. The highest BCUT2D eigenvalue weighted by atomic mass is 32.2. The number of carboxylic acids is 1. The predicted octanol–water partition coefficient (Wildman–Crippen LogP) is 4.08. The van der Waals surface area contributed by atoms with Crippen molar-refractivity contribution in [3.8, 4) is 0 Å². The molecule has 23 heavy (non-hydrogen) atoms. The van der Waals surface area contributed by atoms with E-state index in [-0.39, 0.29) is 17.7 Å². The molecule has 126 valence electrons. The van der Waals surface area contributed by atoms with E-state index in [9.17, 15) is 9.59 Å². The van der Waals surface area contributed by atoms with Gasteiger partial charge in [-0.1, -0.05) is 26.0 Å². The molecule has 4 nitrogen and oxygen atoms in total. The molecule has 1 aliphatic carbocycles. The van der Waals surface area contributed by atoms with E-state index in [0.717, 1.165) is 17.0 Å². The Hall–Kier alpha value is -1.49. The van der Waals surface area contributed by atoms with Gasteiger partial charge >= 0.3 is 5.97 Å². The summed E-state index contributed by atoms with van der Waals surface area (Å²) >= 11 is 1.88. The van der Waals surface area contributed by atoms with Crippen LogP contribution in [0.1, 0.15) is 44.2 Å². The summed E-state index contributed by atoms with van der Waals surface area (Å²) in [6, 6.07) is 5.98. The summed E-state index contributed by atoms with van der Waals surface area (Å²) in [7, 11) is 0. The molecule has 0 aliphatic heterocycles. The lowest BCUT2D eigenvalue weighted by Gasteiger charge is -2.15. The van der Waals surface area contributed by atoms with E-state index < -0.39 is 5.97 Å². The lowest BCUT2D eigenvalue weighted by Crippen LogP contribution is -2.22. The number of anilines is 1. The number of thioether (sulfide) groups is 1. The smallest absolute Gasteiger partial charge is 0.306 e. The Morgan fingerprint density at radius 1 is 1.30 bits per heavy atom. The van der Waals surface area contributed by atoms with E-state index in [1.807, 2.05) is 30.8 Å². The highest BCUT2D eigenvalue weighted by Gasteiger charge is 2.33. The van der Waals surface area contributed by atoms with Crippen molar-refractivity contribution < 1.29 is 14.7 Å². The van der Waals surface area contributed by atoms with Gasteiger partial charge in [-0.05, 0) is 48.6 Å². The minimum Gasteiger partial charge on any atom is -0.481 e. The molecule has 1 fully saturated rings. The van der Waals surface area contributed by atoms with E-state index in [2.05, 4.69) is 25.2 Å². The Labute approximate surface area is 142 Å². The summed E-state index contributed by atoms with van der Waals surface area (Å²) in [5, 5.41) is 12.6. The lowest BCUT2D eigenvalue weighted by atomic mass is 10.0. The van der Waals surface area contributed by atoms with E-state index >= 15 is 0 Å². The van der Waals surface area contributed by atoms with E-state index in [4.69, 9.17) is 5.11 Å². The molecule has 1 aliphatic rings. The van der Waals surface area contributed by atoms with Crippen LogP contribution >= 0.6 is 11.8 Å². The fourth-order valence-corrected chi connectivity index (χ4v) is 3.74. The predicted molar refractivity (Wildman–Crippen MR) is 94.7 cm³/mol. The first-order valence-electron chi connectivity index (χ1n) is 8.12. The molecule has 5 heteroatoms. The molecule has 1 aromatic rings. The Kier molecular flexibility index (Phi) is 6.10. The average Bonchev–Trinajstić information content (AvgIpc) is 2.98. The van der Waals surface area contributed by atoms with E-state index in [1.54, 1.807) is 0 Å². The Balaban J connectivity index is 2.01. The monoisotopic (exact) mass is 335 g/mol. The molecule has 0 heterocycles. The van der Waals surface area contributed by atoms with E-state index in [1.165, 1.54) is 5.56 Å². The largest absolute Gasteiger partial charge is 0.481 e. The van der Waals surface area contributed by atoms with Gasteiger partial charge in [0.25, 0.3) is 0 Å². The van der Waals surface area contributed by atoms with Gasteiger partial charge in [0, 0.05) is 17.4 Å². The number of hydrogen-bond donors (Lipinski definition) is 2. The standard InChI is InChI=1S/C18H25NO3S/c1-11(2)23-10-15-5-4-6-16(12(15)3)19-17(20)13-7-8-14(9-13)18(21)22/h4-6,11,13-14H,7-10H2,1-3H3,(H,19,20)(H,21,22)/t13-,14+/m1/s1. The molecular formula is C18H25NO3S. The zero-order valence-corrected chi connectivity index (χ0v) is 14.8. The molecule has 0 unspecified atom stereocenters. The van der Waals surface area contributed by atoms with Gasteiger partial charge in [-0.15, -0.1) is 0 Å². The van der Waals surface area contributed by atoms with Gasteiger partial charge < -0.3 is 10.4 Å². The highest BCUT2D eigenvalue weighted by Crippen LogP contribution is 2.32. The van der Waals surface area contributed by atoms with Crippen LogP contribution in [-0.4, -0.2) is 22.2 Å². The maximum absolute atomic E-state index is 12.4. The Morgan fingerprint density at radius 2 is 2.00 bits per heavy atom. The molecule has 0 bridgehead atoms. The van der Waals surface area contributed by atoms with Crippen molar-refractivity contribution in [3.63, 3.8) is 0 Å². The molecule has 0 saturated heterocycles. The molecule has 1 saturated carbocycles. The fourth-order valence-electron chi connectivity index (χ4n) is 2.91. The van der Waals surface area contributed by atoms with Gasteiger partial charge in [0.05, 0.1) is 5.92 Å². The molecule has 2 N–H and O–H groups in total. The van der Waals surface area contributed by atoms with Crippen LogP contribution in [0, 0.1) is 18.8 Å². The van der Waals surface area contributed by atoms with Crippen molar-refractivity contribution >= 4 is 29.3 Å². The number of rotatable bonds is 6. The maximum atomic E-state index is 12.4. The van der Waals surface area contributed by atoms with Gasteiger partial charge in [0.15, 0.2) is 0 Å². The Bertz CT molecular complexity index is 586. The number of nitrogens with one attached hydrogen (secondary N) is 1. The van der Waals surface area contributed by atoms with E-state index in [0.29, 0.717) is 24.5 Å². The Morgan fingerprint density at radius 3 is 2.61 bits per heavy atom. The van der Waals surface area contributed by atoms with Crippen LogP contribution in [0.15, 0.2) is 18.2 Å². The van der Waals surface area contributed by atoms with Crippen LogP contribution in [0.2, 0.25) is 0 Å². The number of carbonyl (C=O) groups is 2. The van der Waals surface area contributed by atoms with Crippen LogP contribution in [-0.2, 0) is 15.3 Å². The van der Waals surface area contributed by atoms with Crippen molar-refractivity contribution in [3.05, 3.63) is 29.3 Å². The summed E-state index contributed by atoms with van der Waals surface area (Å²) in [5.41, 5.74) is 3.17. The topological polar surface area (TPSA) is 66.4 Å². The molecule has 2 atom stereocenters. The second-order valence-electron chi connectivity index (χ2n) is 6.48. The molecule has 2 rings (SSSR count). The normalized spacial score (nSPS) is 20.7. The zero-order valence-electron chi connectivity index (χ0n) is 14.0. The highest BCUT2D eigenvalue weighted by molar-refractivity contribution is 7.99. The number of aliphatic carboxylic acids is 1. The molecule has 0 aromatic heterocycles.